The van der Waals surface area contributed by atoms with E-state index in [0.29, 0.717) is 24.5 Å². The van der Waals surface area contributed by atoms with Gasteiger partial charge in [0.25, 0.3) is 5.56 Å². The van der Waals surface area contributed by atoms with E-state index in [4.69, 9.17) is 4.42 Å². The fourth-order valence-corrected chi connectivity index (χ4v) is 5.73. The summed E-state index contributed by atoms with van der Waals surface area (Å²) in [4.78, 5) is 19.2. The van der Waals surface area contributed by atoms with Crippen molar-refractivity contribution in [2.45, 2.75) is 64.2 Å². The molecule has 5 aromatic rings. The number of hydrogen-bond donors (Lipinski definition) is 1. The number of H-pyrrole nitrogens is 1. The second-order valence-electron chi connectivity index (χ2n) is 10.2. The van der Waals surface area contributed by atoms with E-state index in [1.54, 1.807) is 6.26 Å². The molecule has 194 valence electrons. The lowest BCUT2D eigenvalue weighted by atomic mass is 9.95. The standard InChI is InChI=1S/C30H32N6O2/c1-21-10-8-13-23-18-26(30(37)31-27(21)23)28(29-32-33-34-36(29)24-14-6-3-7-15-24)35(20-25-16-9-17-38-25)19-22-11-4-2-5-12-22/h2,4-5,8-13,16-18,24,28H,3,6-7,14-15,19-20H2,1H3,(H,31,37)/t28-/m1/s1. The third kappa shape index (κ3) is 4.91. The number of hydrogen-bond acceptors (Lipinski definition) is 6. The molecule has 3 aromatic heterocycles. The molecule has 3 heterocycles. The number of nitrogens with one attached hydrogen (secondary N) is 1. The zero-order valence-corrected chi connectivity index (χ0v) is 21.6. The van der Waals surface area contributed by atoms with Crippen molar-refractivity contribution < 1.29 is 4.42 Å². The van der Waals surface area contributed by atoms with Crippen molar-refractivity contribution in [3.63, 3.8) is 0 Å². The number of furan rings is 1. The Balaban J connectivity index is 1.53. The maximum Gasteiger partial charge on any atom is 0.253 e. The predicted octanol–water partition coefficient (Wildman–Crippen LogP) is 5.71. The summed E-state index contributed by atoms with van der Waals surface area (Å²) in [6, 6.07) is 22.0. The van der Waals surface area contributed by atoms with Crippen molar-refractivity contribution in [1.82, 2.24) is 30.1 Å². The van der Waals surface area contributed by atoms with Crippen LogP contribution in [0.5, 0.6) is 0 Å². The fourth-order valence-electron chi connectivity index (χ4n) is 5.73. The van der Waals surface area contributed by atoms with Crippen LogP contribution in [0.15, 0.2) is 82.2 Å². The van der Waals surface area contributed by atoms with Crippen molar-refractivity contribution in [3.05, 3.63) is 112 Å². The van der Waals surface area contributed by atoms with Crippen molar-refractivity contribution >= 4 is 10.9 Å². The highest BCUT2D eigenvalue weighted by Gasteiger charge is 2.33. The molecule has 0 radical (unpaired) electrons. The van der Waals surface area contributed by atoms with Gasteiger partial charge in [-0.25, -0.2) is 4.68 Å². The first-order valence-corrected chi connectivity index (χ1v) is 13.4. The third-order valence-corrected chi connectivity index (χ3v) is 7.63. The summed E-state index contributed by atoms with van der Waals surface area (Å²) in [6.45, 7) is 3.10. The first-order valence-electron chi connectivity index (χ1n) is 13.4. The lowest BCUT2D eigenvalue weighted by Gasteiger charge is -2.32. The monoisotopic (exact) mass is 508 g/mol. The van der Waals surface area contributed by atoms with Crippen LogP contribution in [0.4, 0.5) is 0 Å². The van der Waals surface area contributed by atoms with Gasteiger partial charge in [-0.15, -0.1) is 5.10 Å². The van der Waals surface area contributed by atoms with E-state index < -0.39 is 6.04 Å². The van der Waals surface area contributed by atoms with E-state index >= 15 is 0 Å². The lowest BCUT2D eigenvalue weighted by Crippen LogP contribution is -2.35. The highest BCUT2D eigenvalue weighted by molar-refractivity contribution is 5.82. The Kier molecular flexibility index (Phi) is 6.88. The number of benzene rings is 2. The fraction of sp³-hybridized carbons (Fsp3) is 0.333. The summed E-state index contributed by atoms with van der Waals surface area (Å²) in [6.07, 6.45) is 7.31. The quantitative estimate of drug-likeness (QED) is 0.288. The topological polar surface area (TPSA) is 92.8 Å². The summed E-state index contributed by atoms with van der Waals surface area (Å²) < 4.78 is 7.76. The zero-order valence-electron chi connectivity index (χ0n) is 21.6. The highest BCUT2D eigenvalue weighted by Crippen LogP contribution is 2.34. The number of aromatic nitrogens is 5. The Morgan fingerprint density at radius 1 is 1.03 bits per heavy atom. The third-order valence-electron chi connectivity index (χ3n) is 7.63. The molecule has 0 amide bonds. The van der Waals surface area contributed by atoms with Crippen molar-refractivity contribution in [2.24, 2.45) is 0 Å². The van der Waals surface area contributed by atoms with E-state index in [-0.39, 0.29) is 11.6 Å². The Morgan fingerprint density at radius 3 is 2.66 bits per heavy atom. The van der Waals surface area contributed by atoms with E-state index in [1.165, 1.54) is 6.42 Å². The van der Waals surface area contributed by atoms with Gasteiger partial charge < -0.3 is 9.40 Å². The number of rotatable bonds is 8. The molecular weight excluding hydrogens is 476 g/mol. The normalized spacial score (nSPS) is 15.3. The zero-order chi connectivity index (χ0) is 25.9. The van der Waals surface area contributed by atoms with E-state index in [9.17, 15) is 4.79 Å². The smallest absolute Gasteiger partial charge is 0.253 e. The molecule has 1 saturated carbocycles. The van der Waals surface area contributed by atoms with Gasteiger partial charge in [0, 0.05) is 12.1 Å². The van der Waals surface area contributed by atoms with Crippen LogP contribution in [0.3, 0.4) is 0 Å². The first-order chi connectivity index (χ1) is 18.7. The van der Waals surface area contributed by atoms with Crippen molar-refractivity contribution in [2.75, 3.05) is 0 Å². The van der Waals surface area contributed by atoms with Crippen LogP contribution in [0.25, 0.3) is 10.9 Å². The largest absolute Gasteiger partial charge is 0.468 e. The van der Waals surface area contributed by atoms with Crippen LogP contribution in [0, 0.1) is 6.92 Å². The number of pyridine rings is 1. The van der Waals surface area contributed by atoms with Crippen molar-refractivity contribution in [1.29, 1.82) is 0 Å². The van der Waals surface area contributed by atoms with E-state index in [1.807, 2.05) is 66.2 Å². The number of tetrazole rings is 1. The Hall–Kier alpha value is -4.04. The lowest BCUT2D eigenvalue weighted by molar-refractivity contribution is 0.173. The van der Waals surface area contributed by atoms with Crippen LogP contribution < -0.4 is 5.56 Å². The van der Waals surface area contributed by atoms with Gasteiger partial charge in [-0.3, -0.25) is 9.69 Å². The molecule has 1 N–H and O–H groups in total. The van der Waals surface area contributed by atoms with Gasteiger partial charge in [-0.05, 0) is 64.9 Å². The maximum atomic E-state index is 13.8. The molecule has 1 fully saturated rings. The summed E-state index contributed by atoms with van der Waals surface area (Å²) in [5, 5.41) is 14.2. The minimum atomic E-state index is -0.481. The van der Waals surface area contributed by atoms with Crippen LogP contribution in [-0.2, 0) is 13.1 Å². The van der Waals surface area contributed by atoms with Gasteiger partial charge in [0.2, 0.25) is 0 Å². The second kappa shape index (κ2) is 10.8. The number of para-hydroxylation sites is 1. The highest BCUT2D eigenvalue weighted by atomic mass is 16.3. The van der Waals surface area contributed by atoms with Crippen LogP contribution >= 0.6 is 0 Å². The van der Waals surface area contributed by atoms with Gasteiger partial charge >= 0.3 is 0 Å². The summed E-state index contributed by atoms with van der Waals surface area (Å²) in [5.41, 5.74) is 3.51. The van der Waals surface area contributed by atoms with Gasteiger partial charge in [-0.2, -0.15) is 0 Å². The number of aromatic amines is 1. The summed E-state index contributed by atoms with van der Waals surface area (Å²) in [7, 11) is 0. The minimum Gasteiger partial charge on any atom is -0.468 e. The van der Waals surface area contributed by atoms with Gasteiger partial charge in [-0.1, -0.05) is 67.8 Å². The minimum absolute atomic E-state index is 0.132. The Bertz CT molecular complexity index is 1550. The maximum absolute atomic E-state index is 13.8. The molecule has 0 bridgehead atoms. The average Bonchev–Trinajstić information content (AvgIpc) is 3.64. The second-order valence-corrected chi connectivity index (χ2v) is 10.2. The van der Waals surface area contributed by atoms with Gasteiger partial charge in [0.05, 0.1) is 24.4 Å². The van der Waals surface area contributed by atoms with Gasteiger partial charge in [0.1, 0.15) is 11.8 Å². The Morgan fingerprint density at radius 2 is 1.87 bits per heavy atom. The van der Waals surface area contributed by atoms with Crippen molar-refractivity contribution in [3.8, 4) is 0 Å². The molecule has 1 aliphatic carbocycles. The molecule has 2 aromatic carbocycles. The molecular formula is C30H32N6O2. The molecule has 0 saturated heterocycles. The molecule has 0 spiro atoms. The van der Waals surface area contributed by atoms with E-state index in [2.05, 4.69) is 37.5 Å². The van der Waals surface area contributed by atoms with Crippen LogP contribution in [-0.4, -0.2) is 30.1 Å². The predicted molar refractivity (Wildman–Crippen MR) is 145 cm³/mol. The molecule has 8 heteroatoms. The number of fused-ring (bicyclic) bond motifs is 1. The molecule has 0 aliphatic heterocycles. The molecule has 6 rings (SSSR count). The van der Waals surface area contributed by atoms with E-state index in [0.717, 1.165) is 53.5 Å². The molecule has 0 unspecified atom stereocenters. The first kappa shape index (κ1) is 24.3. The molecule has 1 aliphatic rings. The van der Waals surface area contributed by atoms with Gasteiger partial charge in [0.15, 0.2) is 5.82 Å². The van der Waals surface area contributed by atoms with Crippen LogP contribution in [0.2, 0.25) is 0 Å². The van der Waals surface area contributed by atoms with Crippen LogP contribution in [0.1, 0.15) is 72.5 Å². The molecule has 38 heavy (non-hydrogen) atoms. The average molecular weight is 509 g/mol. The summed E-state index contributed by atoms with van der Waals surface area (Å²) in [5.74, 6) is 1.51. The molecule has 1 atom stereocenters. The number of nitrogens with zero attached hydrogens (tertiary/aromatic N) is 5. The Labute approximate surface area is 221 Å². The molecule has 8 nitrogen and oxygen atoms in total. The SMILES string of the molecule is Cc1cccc2cc([C@H](c3nnnn3C3CCCCC3)N(Cc3ccccc3)Cc3ccco3)c(=O)[nH]c12. The summed E-state index contributed by atoms with van der Waals surface area (Å²) >= 11 is 0. The number of aryl methyl sites for hydroxylation is 1.